The number of benzene rings is 2. The highest BCUT2D eigenvalue weighted by molar-refractivity contribution is 6.36. The van der Waals surface area contributed by atoms with Crippen LogP contribution in [0.5, 0.6) is 6.01 Å². The van der Waals surface area contributed by atoms with E-state index in [4.69, 9.17) is 31.3 Å². The number of fused-ring (bicyclic) bond motifs is 3. The highest BCUT2D eigenvalue weighted by atomic mass is 35.5. The highest BCUT2D eigenvalue weighted by Gasteiger charge is 2.49. The number of alkyl halides is 1. The molecule has 2 aromatic carbocycles. The van der Waals surface area contributed by atoms with Crippen LogP contribution in [-0.2, 0) is 0 Å². The van der Waals surface area contributed by atoms with Crippen molar-refractivity contribution in [2.45, 2.75) is 43.4 Å². The number of anilines is 1. The summed E-state index contributed by atoms with van der Waals surface area (Å²) in [7, 11) is 0. The first kappa shape index (κ1) is 26.3. The summed E-state index contributed by atoms with van der Waals surface area (Å²) in [6.07, 6.45) is 1.94. The van der Waals surface area contributed by atoms with Gasteiger partial charge in [0, 0.05) is 48.6 Å². The fourth-order valence-corrected chi connectivity index (χ4v) is 7.18. The molecule has 41 heavy (non-hydrogen) atoms. The van der Waals surface area contributed by atoms with Gasteiger partial charge in [-0.3, -0.25) is 4.90 Å². The van der Waals surface area contributed by atoms with Crippen LogP contribution in [0.4, 0.5) is 10.2 Å². The fraction of sp³-hybridized carbons (Fsp3) is 0.419. The summed E-state index contributed by atoms with van der Waals surface area (Å²) < 4.78 is 20.7. The van der Waals surface area contributed by atoms with Crippen molar-refractivity contribution in [1.82, 2.24) is 25.2 Å². The van der Waals surface area contributed by atoms with Crippen molar-refractivity contribution in [3.63, 3.8) is 0 Å². The average molecular weight is 572 g/mol. The Kier molecular flexibility index (Phi) is 6.86. The lowest BCUT2D eigenvalue weighted by Crippen LogP contribution is -2.51. The van der Waals surface area contributed by atoms with Gasteiger partial charge in [-0.1, -0.05) is 41.9 Å². The molecule has 0 spiro atoms. The summed E-state index contributed by atoms with van der Waals surface area (Å²) in [5, 5.41) is 16.3. The summed E-state index contributed by atoms with van der Waals surface area (Å²) in [5.41, 5.74) is 1.86. The molecule has 0 radical (unpaired) electrons. The molecule has 10 heteroatoms. The maximum atomic E-state index is 14.4. The molecule has 1 N–H and O–H groups in total. The van der Waals surface area contributed by atoms with Gasteiger partial charge in [0.15, 0.2) is 5.65 Å². The Bertz CT molecular complexity index is 1660. The molecule has 210 valence electrons. The van der Waals surface area contributed by atoms with Crippen molar-refractivity contribution in [2.24, 2.45) is 0 Å². The maximum absolute atomic E-state index is 14.4. The molecule has 3 atom stereocenters. The molecule has 3 fully saturated rings. The quantitative estimate of drug-likeness (QED) is 0.340. The number of aromatic nitrogens is 3. The molecule has 3 aliphatic rings. The monoisotopic (exact) mass is 571 g/mol. The number of nitriles is 1. The van der Waals surface area contributed by atoms with Crippen LogP contribution in [0.1, 0.15) is 25.7 Å². The average Bonchev–Trinajstić information content (AvgIpc) is 3.51. The molecule has 0 bridgehead atoms. The number of hydrogen-bond acceptors (Lipinski definition) is 8. The summed E-state index contributed by atoms with van der Waals surface area (Å²) in [6, 6.07) is 18.4. The normalized spacial score (nSPS) is 24.6. The second-order valence-corrected chi connectivity index (χ2v) is 11.7. The zero-order valence-electron chi connectivity index (χ0n) is 22.7. The minimum Gasteiger partial charge on any atom is -0.461 e. The van der Waals surface area contributed by atoms with E-state index in [9.17, 15) is 9.65 Å². The zero-order chi connectivity index (χ0) is 28.0. The van der Waals surface area contributed by atoms with Gasteiger partial charge >= 0.3 is 6.01 Å². The van der Waals surface area contributed by atoms with Gasteiger partial charge in [-0.15, -0.1) is 0 Å². The van der Waals surface area contributed by atoms with E-state index < -0.39 is 6.17 Å². The molecule has 1 unspecified atom stereocenters. The number of nitrogens with zero attached hydrogens (tertiary/aromatic N) is 6. The number of pyridine rings is 1. The molecule has 0 aliphatic carbocycles. The second-order valence-electron chi connectivity index (χ2n) is 11.3. The number of ether oxygens (including phenoxy) is 1. The molecular weight excluding hydrogens is 541 g/mol. The Morgan fingerprint density at radius 3 is 2.88 bits per heavy atom. The van der Waals surface area contributed by atoms with E-state index in [-0.39, 0.29) is 17.6 Å². The predicted octanol–water partition coefficient (Wildman–Crippen LogP) is 5.15. The van der Waals surface area contributed by atoms with Crippen molar-refractivity contribution in [3.05, 3.63) is 53.6 Å². The van der Waals surface area contributed by atoms with E-state index in [2.05, 4.69) is 21.2 Å². The van der Waals surface area contributed by atoms with Crippen LogP contribution in [0.15, 0.2) is 48.5 Å². The minimum absolute atomic E-state index is 0.0395. The van der Waals surface area contributed by atoms with Gasteiger partial charge in [-0.05, 0) is 43.0 Å². The first-order chi connectivity index (χ1) is 20.0. The van der Waals surface area contributed by atoms with Crippen molar-refractivity contribution < 1.29 is 9.13 Å². The van der Waals surface area contributed by atoms with E-state index in [1.165, 1.54) is 0 Å². The summed E-state index contributed by atoms with van der Waals surface area (Å²) >= 11 is 6.64. The van der Waals surface area contributed by atoms with Gasteiger partial charge in [0.05, 0.1) is 35.2 Å². The van der Waals surface area contributed by atoms with Gasteiger partial charge in [0.25, 0.3) is 0 Å². The van der Waals surface area contributed by atoms with E-state index >= 15 is 0 Å². The van der Waals surface area contributed by atoms with Crippen LogP contribution in [-0.4, -0.2) is 76.9 Å². The smallest absolute Gasteiger partial charge is 0.320 e. The summed E-state index contributed by atoms with van der Waals surface area (Å²) in [6.45, 7) is 3.84. The molecule has 4 aromatic rings. The largest absolute Gasteiger partial charge is 0.461 e. The summed E-state index contributed by atoms with van der Waals surface area (Å²) in [4.78, 5) is 19.1. The Labute approximate surface area is 243 Å². The topological polar surface area (TPSA) is 90.2 Å². The molecule has 3 saturated heterocycles. The van der Waals surface area contributed by atoms with Crippen LogP contribution >= 0.6 is 11.6 Å². The molecular formula is C31H31ClFN7O. The van der Waals surface area contributed by atoms with Crippen molar-refractivity contribution >= 4 is 39.2 Å². The van der Waals surface area contributed by atoms with Gasteiger partial charge in [-0.25, -0.2) is 9.37 Å². The molecule has 5 heterocycles. The van der Waals surface area contributed by atoms with Crippen molar-refractivity contribution in [1.29, 1.82) is 5.26 Å². The standard InChI is InChI=1S/C31H31ClFN7O/c32-25-7-2-5-20-4-1-6-23(27(20)25)26-9-8-24-28(36-26)37-30(38-29(24)40-15-13-35-17-22(40)10-12-34)41-19-31-11-3-14-39(31)18-21(33)16-31/h1-2,4-9,21-22,35H,3,10-11,13-19H2/t21-,22?,31+/m1/s1. The van der Waals surface area contributed by atoms with E-state index in [1.54, 1.807) is 0 Å². The van der Waals surface area contributed by atoms with Crippen LogP contribution in [0, 0.1) is 11.3 Å². The predicted molar refractivity (Wildman–Crippen MR) is 158 cm³/mol. The molecule has 0 saturated carbocycles. The SMILES string of the molecule is N#CCC1CNCCN1c1nc(OC[C@@]23CCCN2C[C@H](F)C3)nc2nc(-c3cccc4cccc(Cl)c34)ccc12. The van der Waals surface area contributed by atoms with Crippen molar-refractivity contribution in [3.8, 4) is 23.3 Å². The van der Waals surface area contributed by atoms with E-state index in [0.717, 1.165) is 53.3 Å². The first-order valence-corrected chi connectivity index (χ1v) is 14.7. The molecule has 3 aliphatic heterocycles. The maximum Gasteiger partial charge on any atom is 0.320 e. The van der Waals surface area contributed by atoms with Crippen LogP contribution in [0.3, 0.4) is 0 Å². The zero-order valence-corrected chi connectivity index (χ0v) is 23.4. The van der Waals surface area contributed by atoms with Gasteiger partial charge in [0.2, 0.25) is 0 Å². The van der Waals surface area contributed by atoms with Crippen LogP contribution < -0.4 is 15.0 Å². The van der Waals surface area contributed by atoms with Crippen molar-refractivity contribution in [2.75, 3.05) is 44.2 Å². The Balaban J connectivity index is 1.33. The number of nitrogens with one attached hydrogen (secondary N) is 1. The first-order valence-electron chi connectivity index (χ1n) is 14.3. The fourth-order valence-electron chi connectivity index (χ4n) is 6.89. The molecule has 2 aromatic heterocycles. The summed E-state index contributed by atoms with van der Waals surface area (Å²) in [5.74, 6) is 0.706. The number of halogens is 2. The Morgan fingerprint density at radius 1 is 1.12 bits per heavy atom. The molecule has 8 nitrogen and oxygen atoms in total. The third-order valence-corrected chi connectivity index (χ3v) is 9.14. The number of piperazine rings is 1. The minimum atomic E-state index is -0.837. The van der Waals surface area contributed by atoms with Gasteiger partial charge in [-0.2, -0.15) is 15.2 Å². The van der Waals surface area contributed by atoms with E-state index in [1.807, 2.05) is 48.5 Å². The third-order valence-electron chi connectivity index (χ3n) is 8.83. The van der Waals surface area contributed by atoms with Gasteiger partial charge < -0.3 is 15.0 Å². The number of rotatable bonds is 6. The highest BCUT2D eigenvalue weighted by Crippen LogP contribution is 2.41. The Morgan fingerprint density at radius 2 is 2.00 bits per heavy atom. The lowest BCUT2D eigenvalue weighted by molar-refractivity contribution is 0.107. The number of hydrogen-bond donors (Lipinski definition) is 1. The Hall–Kier alpha value is -3.58. The molecule has 7 rings (SSSR count). The third kappa shape index (κ3) is 4.74. The lowest BCUT2D eigenvalue weighted by Gasteiger charge is -2.36. The molecule has 0 amide bonds. The second kappa shape index (κ2) is 10.7. The van der Waals surface area contributed by atoms with Crippen LogP contribution in [0.25, 0.3) is 33.1 Å². The lowest BCUT2D eigenvalue weighted by atomic mass is 9.95. The van der Waals surface area contributed by atoms with Gasteiger partial charge in [0.1, 0.15) is 18.6 Å². The van der Waals surface area contributed by atoms with E-state index in [0.29, 0.717) is 55.6 Å². The van der Waals surface area contributed by atoms with Crippen LogP contribution in [0.2, 0.25) is 5.02 Å².